The van der Waals surface area contributed by atoms with Crippen LogP contribution >= 0.6 is 0 Å². The first-order valence-corrected chi connectivity index (χ1v) is 7.70. The van der Waals surface area contributed by atoms with Crippen LogP contribution in [0.3, 0.4) is 0 Å². The summed E-state index contributed by atoms with van der Waals surface area (Å²) in [5.41, 5.74) is 6.12. The SMILES string of the molecule is CN(C)N(C)C(CN)C1C2CC3CC(C2)CC1C3. The molecule has 4 fully saturated rings. The topological polar surface area (TPSA) is 32.5 Å². The Hall–Kier alpha value is -0.120. The maximum atomic E-state index is 6.12. The standard InChI is InChI=1S/C15H29N3/c1-17(2)18(3)14(9-16)15-12-5-10-4-11(7-12)8-13(15)6-10/h10-15H,4-9,16H2,1-3H3. The van der Waals surface area contributed by atoms with Gasteiger partial charge in [-0.25, -0.2) is 10.0 Å². The van der Waals surface area contributed by atoms with Crippen LogP contribution in [0.15, 0.2) is 0 Å². The summed E-state index contributed by atoms with van der Waals surface area (Å²) in [5, 5.41) is 4.59. The molecule has 1 unspecified atom stereocenters. The largest absolute Gasteiger partial charge is 0.329 e. The van der Waals surface area contributed by atoms with Gasteiger partial charge in [0.15, 0.2) is 0 Å². The molecule has 0 spiro atoms. The zero-order chi connectivity index (χ0) is 12.9. The normalized spacial score (nSPS) is 44.0. The monoisotopic (exact) mass is 251 g/mol. The molecule has 0 aromatic carbocycles. The van der Waals surface area contributed by atoms with Crippen molar-refractivity contribution in [3.8, 4) is 0 Å². The Morgan fingerprint density at radius 2 is 1.44 bits per heavy atom. The van der Waals surface area contributed by atoms with Crippen LogP contribution in [0.4, 0.5) is 0 Å². The second-order valence-electron chi connectivity index (χ2n) is 7.23. The third-order valence-electron chi connectivity index (χ3n) is 6.10. The Labute approximate surface area is 112 Å². The molecule has 3 nitrogen and oxygen atoms in total. The molecule has 0 radical (unpaired) electrons. The van der Waals surface area contributed by atoms with Gasteiger partial charge in [0.25, 0.3) is 0 Å². The molecule has 104 valence electrons. The first-order chi connectivity index (χ1) is 8.60. The van der Waals surface area contributed by atoms with Crippen LogP contribution in [0.25, 0.3) is 0 Å². The Morgan fingerprint density at radius 1 is 0.944 bits per heavy atom. The average molecular weight is 251 g/mol. The maximum Gasteiger partial charge on any atom is 0.0398 e. The molecule has 3 heteroatoms. The van der Waals surface area contributed by atoms with Gasteiger partial charge in [0.2, 0.25) is 0 Å². The minimum Gasteiger partial charge on any atom is -0.329 e. The Bertz CT molecular complexity index is 274. The van der Waals surface area contributed by atoms with E-state index in [-0.39, 0.29) is 0 Å². The highest BCUT2D eigenvalue weighted by atomic mass is 15.6. The molecular formula is C15H29N3. The number of nitrogens with zero attached hydrogens (tertiary/aromatic N) is 2. The van der Waals surface area contributed by atoms with Gasteiger partial charge in [0.1, 0.15) is 0 Å². The molecule has 0 aromatic heterocycles. The molecule has 18 heavy (non-hydrogen) atoms. The van der Waals surface area contributed by atoms with E-state index in [1.807, 2.05) is 0 Å². The molecule has 4 aliphatic carbocycles. The van der Waals surface area contributed by atoms with Crippen LogP contribution < -0.4 is 5.73 Å². The number of hydrogen-bond acceptors (Lipinski definition) is 3. The molecule has 1 atom stereocenters. The van der Waals surface area contributed by atoms with Crippen molar-refractivity contribution in [3.63, 3.8) is 0 Å². The van der Waals surface area contributed by atoms with Crippen molar-refractivity contribution < 1.29 is 0 Å². The first kappa shape index (κ1) is 12.9. The number of rotatable bonds is 4. The lowest BCUT2D eigenvalue weighted by molar-refractivity contribution is -0.105. The molecule has 4 saturated carbocycles. The minimum absolute atomic E-state index is 0.551. The van der Waals surface area contributed by atoms with E-state index >= 15 is 0 Å². The lowest BCUT2D eigenvalue weighted by Crippen LogP contribution is -2.58. The minimum atomic E-state index is 0.551. The van der Waals surface area contributed by atoms with E-state index in [2.05, 4.69) is 31.2 Å². The first-order valence-electron chi connectivity index (χ1n) is 7.70. The van der Waals surface area contributed by atoms with Crippen LogP contribution in [0.2, 0.25) is 0 Å². The third-order valence-corrected chi connectivity index (χ3v) is 6.10. The molecule has 0 amide bonds. The molecule has 4 rings (SSSR count). The summed E-state index contributed by atoms with van der Waals surface area (Å²) in [6, 6.07) is 0.551. The van der Waals surface area contributed by atoms with Crippen molar-refractivity contribution in [1.82, 2.24) is 10.0 Å². The number of hydrazine groups is 1. The quantitative estimate of drug-likeness (QED) is 0.773. The number of hydrogen-bond donors (Lipinski definition) is 1. The van der Waals surface area contributed by atoms with Crippen molar-refractivity contribution in [2.45, 2.75) is 38.1 Å². The van der Waals surface area contributed by atoms with Gasteiger partial charge in [0.05, 0.1) is 0 Å². The van der Waals surface area contributed by atoms with Gasteiger partial charge in [-0.15, -0.1) is 0 Å². The van der Waals surface area contributed by atoms with Crippen LogP contribution in [0.1, 0.15) is 32.1 Å². The van der Waals surface area contributed by atoms with Crippen LogP contribution in [-0.4, -0.2) is 43.7 Å². The molecule has 0 saturated heterocycles. The number of nitrogens with two attached hydrogens (primary N) is 1. The van der Waals surface area contributed by atoms with Gasteiger partial charge < -0.3 is 5.73 Å². The van der Waals surface area contributed by atoms with E-state index < -0.39 is 0 Å². The Kier molecular flexibility index (Phi) is 3.41. The molecule has 0 aromatic rings. The van der Waals surface area contributed by atoms with Crippen molar-refractivity contribution in [2.24, 2.45) is 35.3 Å². The van der Waals surface area contributed by atoms with E-state index in [9.17, 15) is 0 Å². The molecule has 4 bridgehead atoms. The zero-order valence-electron chi connectivity index (χ0n) is 12.2. The fourth-order valence-electron chi connectivity index (χ4n) is 5.45. The highest BCUT2D eigenvalue weighted by Gasteiger charge is 2.51. The lowest BCUT2D eigenvalue weighted by Gasteiger charge is -2.57. The summed E-state index contributed by atoms with van der Waals surface area (Å²) in [4.78, 5) is 0. The fourth-order valence-corrected chi connectivity index (χ4v) is 5.45. The predicted molar refractivity (Wildman–Crippen MR) is 74.8 cm³/mol. The smallest absolute Gasteiger partial charge is 0.0398 e. The summed E-state index contributed by atoms with van der Waals surface area (Å²) < 4.78 is 0. The highest BCUT2D eigenvalue weighted by molar-refractivity contribution is 5.01. The van der Waals surface area contributed by atoms with Crippen molar-refractivity contribution in [3.05, 3.63) is 0 Å². The van der Waals surface area contributed by atoms with Gasteiger partial charge in [-0.3, -0.25) is 0 Å². The third kappa shape index (κ3) is 2.00. The fraction of sp³-hybridized carbons (Fsp3) is 1.00. The van der Waals surface area contributed by atoms with E-state index in [4.69, 9.17) is 5.73 Å². The molecule has 4 aliphatic rings. The van der Waals surface area contributed by atoms with E-state index in [0.29, 0.717) is 6.04 Å². The van der Waals surface area contributed by atoms with Gasteiger partial charge in [-0.2, -0.15) is 0 Å². The van der Waals surface area contributed by atoms with E-state index in [1.165, 1.54) is 32.1 Å². The molecule has 0 aliphatic heterocycles. The summed E-state index contributed by atoms with van der Waals surface area (Å²) in [7, 11) is 6.49. The highest BCUT2D eigenvalue weighted by Crippen LogP contribution is 2.57. The second kappa shape index (κ2) is 4.77. The Morgan fingerprint density at radius 3 is 1.83 bits per heavy atom. The van der Waals surface area contributed by atoms with Gasteiger partial charge in [-0.05, 0) is 61.7 Å². The molecule has 0 heterocycles. The van der Waals surface area contributed by atoms with Gasteiger partial charge >= 0.3 is 0 Å². The molecule has 2 N–H and O–H groups in total. The van der Waals surface area contributed by atoms with Crippen molar-refractivity contribution in [1.29, 1.82) is 0 Å². The van der Waals surface area contributed by atoms with Crippen molar-refractivity contribution in [2.75, 3.05) is 27.7 Å². The summed E-state index contributed by atoms with van der Waals surface area (Å²) >= 11 is 0. The predicted octanol–water partition coefficient (Wildman–Crippen LogP) is 1.79. The van der Waals surface area contributed by atoms with Crippen molar-refractivity contribution >= 4 is 0 Å². The summed E-state index contributed by atoms with van der Waals surface area (Å²) in [6.45, 7) is 0.807. The average Bonchev–Trinajstić information content (AvgIpc) is 2.32. The molecular weight excluding hydrogens is 222 g/mol. The van der Waals surface area contributed by atoms with E-state index in [1.54, 1.807) is 0 Å². The lowest BCUT2D eigenvalue weighted by atomic mass is 9.50. The van der Waals surface area contributed by atoms with Crippen LogP contribution in [-0.2, 0) is 0 Å². The zero-order valence-corrected chi connectivity index (χ0v) is 12.2. The van der Waals surface area contributed by atoms with Crippen LogP contribution in [0, 0.1) is 29.6 Å². The summed E-state index contributed by atoms with van der Waals surface area (Å²) in [6.07, 6.45) is 7.52. The van der Waals surface area contributed by atoms with Gasteiger partial charge in [-0.1, -0.05) is 0 Å². The Balaban J connectivity index is 1.78. The summed E-state index contributed by atoms with van der Waals surface area (Å²) in [5.74, 6) is 4.92. The maximum absolute atomic E-state index is 6.12. The van der Waals surface area contributed by atoms with Crippen LogP contribution in [0.5, 0.6) is 0 Å². The second-order valence-corrected chi connectivity index (χ2v) is 7.23. The van der Waals surface area contributed by atoms with Gasteiger partial charge in [0, 0.05) is 33.7 Å². The number of likely N-dealkylation sites (N-methyl/N-ethyl adjacent to an activating group) is 1. The van der Waals surface area contributed by atoms with E-state index in [0.717, 1.165) is 36.1 Å².